The number of sulfone groups is 1. The second-order valence-corrected chi connectivity index (χ2v) is 10.5. The molecule has 2 rings (SSSR count). The fourth-order valence-corrected chi connectivity index (χ4v) is 6.47. The molecule has 1 aliphatic rings. The molecule has 1 saturated heterocycles. The zero-order chi connectivity index (χ0) is 15.5. The van der Waals surface area contributed by atoms with Crippen LogP contribution in [0.2, 0.25) is 0 Å². The molecule has 1 aliphatic heterocycles. The van der Waals surface area contributed by atoms with E-state index in [0.29, 0.717) is 13.0 Å². The minimum atomic E-state index is -3.58. The molecule has 0 spiro atoms. The summed E-state index contributed by atoms with van der Waals surface area (Å²) in [6.45, 7) is 3.77. The van der Waals surface area contributed by atoms with Crippen molar-refractivity contribution in [3.8, 4) is 0 Å². The number of hydrogen-bond acceptors (Lipinski definition) is 6. The van der Waals surface area contributed by atoms with Crippen molar-refractivity contribution >= 4 is 31.2 Å². The number of sulfonamides is 1. The van der Waals surface area contributed by atoms with Gasteiger partial charge in [-0.2, -0.15) is 4.31 Å². The minimum Gasteiger partial charge on any atom is -0.312 e. The van der Waals surface area contributed by atoms with E-state index in [1.807, 2.05) is 6.92 Å². The first kappa shape index (κ1) is 16.9. The van der Waals surface area contributed by atoms with Crippen molar-refractivity contribution in [1.29, 1.82) is 0 Å². The summed E-state index contributed by atoms with van der Waals surface area (Å²) in [4.78, 5) is 0.956. The lowest BCUT2D eigenvalue weighted by Gasteiger charge is -2.18. The lowest BCUT2D eigenvalue weighted by atomic mass is 10.4. The summed E-state index contributed by atoms with van der Waals surface area (Å²) in [7, 11) is -6.69. The lowest BCUT2D eigenvalue weighted by molar-refractivity contribution is 0.436. The highest BCUT2D eigenvalue weighted by molar-refractivity contribution is 7.92. The van der Waals surface area contributed by atoms with Gasteiger partial charge in [0.25, 0.3) is 10.0 Å². The number of hydrogen-bond donors (Lipinski definition) is 1. The highest BCUT2D eigenvalue weighted by Crippen LogP contribution is 2.26. The average Bonchev–Trinajstić information content (AvgIpc) is 2.81. The fraction of sp³-hybridized carbons (Fsp3) is 0.667. The van der Waals surface area contributed by atoms with Crippen LogP contribution in [-0.4, -0.2) is 52.3 Å². The molecule has 1 aromatic rings. The average molecular weight is 353 g/mol. The molecule has 2 heterocycles. The molecule has 0 atom stereocenters. The fourth-order valence-electron chi connectivity index (χ4n) is 2.12. The van der Waals surface area contributed by atoms with E-state index in [4.69, 9.17) is 0 Å². The van der Waals surface area contributed by atoms with Crippen LogP contribution in [0.1, 0.15) is 18.2 Å². The van der Waals surface area contributed by atoms with Crippen molar-refractivity contribution < 1.29 is 16.8 Å². The lowest BCUT2D eigenvalue weighted by Crippen LogP contribution is -2.33. The number of thiophene rings is 1. The zero-order valence-corrected chi connectivity index (χ0v) is 14.4. The van der Waals surface area contributed by atoms with Crippen molar-refractivity contribution in [3.05, 3.63) is 17.0 Å². The van der Waals surface area contributed by atoms with Gasteiger partial charge in [-0.1, -0.05) is 6.92 Å². The maximum Gasteiger partial charge on any atom is 0.252 e. The van der Waals surface area contributed by atoms with Crippen LogP contribution in [0.25, 0.3) is 0 Å². The van der Waals surface area contributed by atoms with Crippen molar-refractivity contribution in [2.45, 2.75) is 24.1 Å². The van der Waals surface area contributed by atoms with Gasteiger partial charge in [-0.15, -0.1) is 11.3 Å². The Hall–Kier alpha value is -0.480. The molecule has 0 radical (unpaired) electrons. The van der Waals surface area contributed by atoms with Crippen LogP contribution in [-0.2, 0) is 26.4 Å². The third-order valence-corrected chi connectivity index (χ3v) is 8.46. The van der Waals surface area contributed by atoms with Crippen LogP contribution < -0.4 is 5.32 Å². The summed E-state index contributed by atoms with van der Waals surface area (Å²) < 4.78 is 49.8. The molecule has 120 valence electrons. The zero-order valence-electron chi connectivity index (χ0n) is 11.9. The normalized spacial score (nSPS) is 20.2. The Kier molecular flexibility index (Phi) is 5.42. The predicted molar refractivity (Wildman–Crippen MR) is 83.7 cm³/mol. The SMILES string of the molecule is CCNCc1ccc(S(=O)(=O)N2CCCS(=O)(=O)CC2)s1. The summed E-state index contributed by atoms with van der Waals surface area (Å²) in [6, 6.07) is 3.40. The van der Waals surface area contributed by atoms with Crippen LogP contribution in [0, 0.1) is 0 Å². The van der Waals surface area contributed by atoms with Crippen LogP contribution >= 0.6 is 11.3 Å². The van der Waals surface area contributed by atoms with E-state index < -0.39 is 19.9 Å². The summed E-state index contributed by atoms with van der Waals surface area (Å²) in [6.07, 6.45) is 0.358. The standard InChI is InChI=1S/C12H20N2O4S3/c1-2-13-10-11-4-5-12(19-11)21(17,18)14-6-3-8-20(15,16)9-7-14/h4-5,13H,2-3,6-10H2,1H3. The topological polar surface area (TPSA) is 83.6 Å². The molecule has 0 bridgehead atoms. The molecule has 0 aliphatic carbocycles. The monoisotopic (exact) mass is 352 g/mol. The van der Waals surface area contributed by atoms with Crippen LogP contribution in [0.15, 0.2) is 16.3 Å². The van der Waals surface area contributed by atoms with Gasteiger partial charge in [-0.25, -0.2) is 16.8 Å². The Morgan fingerprint density at radius 1 is 1.29 bits per heavy atom. The molecule has 1 N–H and O–H groups in total. The number of rotatable bonds is 5. The van der Waals surface area contributed by atoms with Crippen molar-refractivity contribution in [2.24, 2.45) is 0 Å². The van der Waals surface area contributed by atoms with Gasteiger partial charge in [0.15, 0.2) is 9.84 Å². The molecular formula is C12H20N2O4S3. The first-order valence-corrected chi connectivity index (χ1v) is 10.9. The molecule has 1 aromatic heterocycles. The molecule has 0 unspecified atom stereocenters. The van der Waals surface area contributed by atoms with E-state index in [-0.39, 0.29) is 28.8 Å². The van der Waals surface area contributed by atoms with Crippen LogP contribution in [0.4, 0.5) is 0 Å². The molecule has 6 nitrogen and oxygen atoms in total. The van der Waals surface area contributed by atoms with E-state index in [9.17, 15) is 16.8 Å². The summed E-state index contributed by atoms with van der Waals surface area (Å²) in [5.74, 6) is -0.0308. The maximum absolute atomic E-state index is 12.6. The maximum atomic E-state index is 12.6. The smallest absolute Gasteiger partial charge is 0.252 e. The van der Waals surface area contributed by atoms with Gasteiger partial charge in [-0.05, 0) is 25.1 Å². The predicted octanol–water partition coefficient (Wildman–Crippen LogP) is 0.667. The second-order valence-electron chi connectivity index (χ2n) is 4.91. The van der Waals surface area contributed by atoms with Gasteiger partial charge in [0.2, 0.25) is 0 Å². The van der Waals surface area contributed by atoms with E-state index in [1.165, 1.54) is 15.6 Å². The third-order valence-electron chi connectivity index (χ3n) is 3.29. The van der Waals surface area contributed by atoms with Gasteiger partial charge >= 0.3 is 0 Å². The molecule has 1 fully saturated rings. The Morgan fingerprint density at radius 2 is 2.05 bits per heavy atom. The highest BCUT2D eigenvalue weighted by Gasteiger charge is 2.29. The van der Waals surface area contributed by atoms with Gasteiger partial charge in [0, 0.05) is 24.5 Å². The third kappa shape index (κ3) is 4.26. The van der Waals surface area contributed by atoms with Gasteiger partial charge in [0.05, 0.1) is 11.5 Å². The van der Waals surface area contributed by atoms with Crippen LogP contribution in [0.3, 0.4) is 0 Å². The number of nitrogens with one attached hydrogen (secondary N) is 1. The Balaban J connectivity index is 2.15. The Morgan fingerprint density at radius 3 is 2.76 bits per heavy atom. The first-order chi connectivity index (χ1) is 9.85. The van der Waals surface area contributed by atoms with Gasteiger partial charge in [0.1, 0.15) is 4.21 Å². The first-order valence-electron chi connectivity index (χ1n) is 6.85. The van der Waals surface area contributed by atoms with Crippen molar-refractivity contribution in [2.75, 3.05) is 31.1 Å². The largest absolute Gasteiger partial charge is 0.312 e. The molecule has 9 heteroatoms. The molecule has 0 saturated carbocycles. The molecule has 21 heavy (non-hydrogen) atoms. The van der Waals surface area contributed by atoms with E-state index in [1.54, 1.807) is 12.1 Å². The molecular weight excluding hydrogens is 332 g/mol. The summed E-state index contributed by atoms with van der Waals surface area (Å²) in [5, 5.41) is 3.15. The quantitative estimate of drug-likeness (QED) is 0.842. The van der Waals surface area contributed by atoms with Gasteiger partial charge < -0.3 is 5.32 Å². The summed E-state index contributed by atoms with van der Waals surface area (Å²) >= 11 is 1.24. The van der Waals surface area contributed by atoms with Crippen molar-refractivity contribution in [3.63, 3.8) is 0 Å². The second kappa shape index (κ2) is 6.74. The highest BCUT2D eigenvalue weighted by atomic mass is 32.2. The summed E-state index contributed by atoms with van der Waals surface area (Å²) in [5.41, 5.74) is 0. The van der Waals surface area contributed by atoms with E-state index >= 15 is 0 Å². The Bertz CT molecular complexity index is 679. The Labute approximate surface area is 130 Å². The van der Waals surface area contributed by atoms with Crippen molar-refractivity contribution in [1.82, 2.24) is 9.62 Å². The van der Waals surface area contributed by atoms with Crippen LogP contribution in [0.5, 0.6) is 0 Å². The van der Waals surface area contributed by atoms with E-state index in [0.717, 1.165) is 11.4 Å². The van der Waals surface area contributed by atoms with E-state index in [2.05, 4.69) is 5.32 Å². The molecule has 0 amide bonds. The molecule has 0 aromatic carbocycles. The number of nitrogens with zero attached hydrogens (tertiary/aromatic N) is 1. The minimum absolute atomic E-state index is 0.0467. The van der Waals surface area contributed by atoms with Gasteiger partial charge in [-0.3, -0.25) is 0 Å².